The first kappa shape index (κ1) is 13.1. The number of aliphatic hydroxyl groups is 1. The molecule has 0 fully saturated rings. The van der Waals surface area contributed by atoms with Crippen LogP contribution in [-0.2, 0) is 13.5 Å². The molecule has 2 aromatic rings. The van der Waals surface area contributed by atoms with Crippen LogP contribution < -0.4 is 4.74 Å². The highest BCUT2D eigenvalue weighted by Crippen LogP contribution is 2.27. The lowest BCUT2D eigenvalue weighted by Gasteiger charge is -2.04. The molecular weight excluding hydrogens is 296 g/mol. The number of hydrogen-bond donors (Lipinski definition) is 1. The molecule has 0 saturated carbocycles. The highest BCUT2D eigenvalue weighted by molar-refractivity contribution is 9.10. The molecule has 18 heavy (non-hydrogen) atoms. The zero-order chi connectivity index (χ0) is 13.1. The molecule has 96 valence electrons. The van der Waals surface area contributed by atoms with Gasteiger partial charge in [-0.1, -0.05) is 12.1 Å². The van der Waals surface area contributed by atoms with Gasteiger partial charge < -0.3 is 14.4 Å². The Hall–Kier alpha value is -1.33. The first-order valence-electron chi connectivity index (χ1n) is 5.63. The van der Waals surface area contributed by atoms with E-state index < -0.39 is 0 Å². The SMILES string of the molecule is COc1cccc(-c2nc(CCO)c(Br)n2C)c1. The van der Waals surface area contributed by atoms with E-state index in [1.54, 1.807) is 7.11 Å². The number of halogens is 1. The summed E-state index contributed by atoms with van der Waals surface area (Å²) < 4.78 is 8.07. The van der Waals surface area contributed by atoms with E-state index in [9.17, 15) is 0 Å². The fourth-order valence-electron chi connectivity index (χ4n) is 1.82. The Kier molecular flexibility index (Phi) is 4.04. The number of aromatic nitrogens is 2. The van der Waals surface area contributed by atoms with Crippen molar-refractivity contribution >= 4 is 15.9 Å². The summed E-state index contributed by atoms with van der Waals surface area (Å²) in [5, 5.41) is 9.01. The van der Waals surface area contributed by atoms with Crippen molar-refractivity contribution in [3.63, 3.8) is 0 Å². The smallest absolute Gasteiger partial charge is 0.141 e. The predicted octanol–water partition coefficient (Wildman–Crippen LogP) is 2.39. The molecule has 2 rings (SSSR count). The van der Waals surface area contributed by atoms with E-state index >= 15 is 0 Å². The molecule has 0 aliphatic carbocycles. The number of benzene rings is 1. The number of methoxy groups -OCH3 is 1. The summed E-state index contributed by atoms with van der Waals surface area (Å²) >= 11 is 3.49. The number of aliphatic hydroxyl groups excluding tert-OH is 1. The lowest BCUT2D eigenvalue weighted by Crippen LogP contribution is -1.93. The van der Waals surface area contributed by atoms with E-state index in [1.807, 2.05) is 35.9 Å². The lowest BCUT2D eigenvalue weighted by atomic mass is 10.2. The van der Waals surface area contributed by atoms with Crippen LogP contribution in [0.1, 0.15) is 5.69 Å². The summed E-state index contributed by atoms with van der Waals surface area (Å²) in [6.45, 7) is 0.0904. The Morgan fingerprint density at radius 2 is 2.22 bits per heavy atom. The molecule has 0 spiro atoms. The second-order valence-electron chi connectivity index (χ2n) is 3.94. The fourth-order valence-corrected chi connectivity index (χ4v) is 2.28. The molecule has 0 amide bonds. The minimum Gasteiger partial charge on any atom is -0.497 e. The van der Waals surface area contributed by atoms with Crippen LogP contribution in [0.15, 0.2) is 28.9 Å². The monoisotopic (exact) mass is 310 g/mol. The first-order valence-corrected chi connectivity index (χ1v) is 6.43. The standard InChI is InChI=1S/C13H15BrN2O2/c1-16-12(14)11(6-7-17)15-13(16)9-4-3-5-10(8-9)18-2/h3-5,8,17H,6-7H2,1-2H3. The largest absolute Gasteiger partial charge is 0.497 e. The van der Waals surface area contributed by atoms with Gasteiger partial charge in [-0.15, -0.1) is 0 Å². The van der Waals surface area contributed by atoms with Crippen LogP contribution in [0.4, 0.5) is 0 Å². The number of hydrogen-bond acceptors (Lipinski definition) is 3. The maximum absolute atomic E-state index is 9.01. The number of imidazole rings is 1. The summed E-state index contributed by atoms with van der Waals surface area (Å²) in [7, 11) is 3.58. The third-order valence-electron chi connectivity index (χ3n) is 2.77. The van der Waals surface area contributed by atoms with E-state index in [4.69, 9.17) is 9.84 Å². The van der Waals surface area contributed by atoms with Gasteiger partial charge in [0.1, 0.15) is 16.2 Å². The second-order valence-corrected chi connectivity index (χ2v) is 4.69. The van der Waals surface area contributed by atoms with Crippen molar-refractivity contribution in [2.75, 3.05) is 13.7 Å². The van der Waals surface area contributed by atoms with Crippen LogP contribution in [-0.4, -0.2) is 28.4 Å². The van der Waals surface area contributed by atoms with Gasteiger partial charge in [-0.25, -0.2) is 4.98 Å². The molecule has 1 heterocycles. The minimum absolute atomic E-state index is 0.0904. The summed E-state index contributed by atoms with van der Waals surface area (Å²) in [6.07, 6.45) is 0.540. The topological polar surface area (TPSA) is 47.3 Å². The maximum Gasteiger partial charge on any atom is 0.141 e. The molecule has 0 aliphatic heterocycles. The van der Waals surface area contributed by atoms with Gasteiger partial charge >= 0.3 is 0 Å². The number of nitrogens with zero attached hydrogens (tertiary/aromatic N) is 2. The van der Waals surface area contributed by atoms with Crippen LogP contribution in [0.2, 0.25) is 0 Å². The van der Waals surface area contributed by atoms with Crippen molar-refractivity contribution in [3.05, 3.63) is 34.6 Å². The number of rotatable bonds is 4. The molecule has 4 nitrogen and oxygen atoms in total. The Bertz CT molecular complexity index is 552. The highest BCUT2D eigenvalue weighted by Gasteiger charge is 2.13. The average Bonchev–Trinajstić information content (AvgIpc) is 2.68. The second kappa shape index (κ2) is 5.54. The van der Waals surface area contributed by atoms with Crippen molar-refractivity contribution < 1.29 is 9.84 Å². The molecule has 5 heteroatoms. The lowest BCUT2D eigenvalue weighted by molar-refractivity contribution is 0.298. The molecule has 0 atom stereocenters. The summed E-state index contributed by atoms with van der Waals surface area (Å²) in [5.74, 6) is 1.65. The average molecular weight is 311 g/mol. The third-order valence-corrected chi connectivity index (χ3v) is 3.76. The molecule has 0 unspecified atom stereocenters. The fraction of sp³-hybridized carbons (Fsp3) is 0.308. The van der Waals surface area contributed by atoms with Crippen LogP contribution in [0.3, 0.4) is 0 Å². The van der Waals surface area contributed by atoms with Crippen LogP contribution in [0.5, 0.6) is 5.75 Å². The Morgan fingerprint density at radius 1 is 1.44 bits per heavy atom. The van der Waals surface area contributed by atoms with E-state index in [0.717, 1.165) is 27.4 Å². The Morgan fingerprint density at radius 3 is 2.89 bits per heavy atom. The third kappa shape index (κ3) is 2.42. The maximum atomic E-state index is 9.01. The van der Waals surface area contributed by atoms with Gasteiger partial charge in [0.2, 0.25) is 0 Å². The molecular formula is C13H15BrN2O2. The van der Waals surface area contributed by atoms with Crippen molar-refractivity contribution in [3.8, 4) is 17.1 Å². The minimum atomic E-state index is 0.0904. The van der Waals surface area contributed by atoms with Crippen molar-refractivity contribution in [1.82, 2.24) is 9.55 Å². The normalized spacial score (nSPS) is 10.7. The summed E-state index contributed by atoms with van der Waals surface area (Å²) in [5.41, 5.74) is 1.85. The van der Waals surface area contributed by atoms with Crippen molar-refractivity contribution in [1.29, 1.82) is 0 Å². The van der Waals surface area contributed by atoms with Gasteiger partial charge in [-0.3, -0.25) is 0 Å². The van der Waals surface area contributed by atoms with E-state index in [1.165, 1.54) is 0 Å². The van der Waals surface area contributed by atoms with Gasteiger partial charge in [-0.2, -0.15) is 0 Å². The molecule has 1 aromatic carbocycles. The van der Waals surface area contributed by atoms with Gasteiger partial charge in [0.05, 0.1) is 12.8 Å². The van der Waals surface area contributed by atoms with E-state index in [2.05, 4.69) is 20.9 Å². The van der Waals surface area contributed by atoms with E-state index in [0.29, 0.717) is 6.42 Å². The Balaban J connectivity index is 2.46. The summed E-state index contributed by atoms with van der Waals surface area (Å²) in [4.78, 5) is 4.55. The van der Waals surface area contributed by atoms with Gasteiger partial charge in [-0.05, 0) is 28.1 Å². The quantitative estimate of drug-likeness (QED) is 0.943. The van der Waals surface area contributed by atoms with Crippen molar-refractivity contribution in [2.45, 2.75) is 6.42 Å². The van der Waals surface area contributed by atoms with E-state index in [-0.39, 0.29) is 6.61 Å². The van der Waals surface area contributed by atoms with Crippen LogP contribution in [0.25, 0.3) is 11.4 Å². The molecule has 0 bridgehead atoms. The highest BCUT2D eigenvalue weighted by atomic mass is 79.9. The molecule has 1 N–H and O–H groups in total. The Labute approximate surface area is 114 Å². The zero-order valence-electron chi connectivity index (χ0n) is 10.4. The molecule has 0 radical (unpaired) electrons. The van der Waals surface area contributed by atoms with Gasteiger partial charge in [0.25, 0.3) is 0 Å². The molecule has 0 saturated heterocycles. The van der Waals surface area contributed by atoms with Crippen molar-refractivity contribution in [2.24, 2.45) is 7.05 Å². The van der Waals surface area contributed by atoms with Crippen LogP contribution in [0, 0.1) is 0 Å². The molecule has 0 aliphatic rings. The van der Waals surface area contributed by atoms with Gasteiger partial charge in [0, 0.05) is 25.6 Å². The first-order chi connectivity index (χ1) is 8.67. The molecule has 1 aromatic heterocycles. The zero-order valence-corrected chi connectivity index (χ0v) is 11.9. The van der Waals surface area contributed by atoms with Crippen LogP contribution >= 0.6 is 15.9 Å². The number of ether oxygens (including phenoxy) is 1. The summed E-state index contributed by atoms with van der Waals surface area (Å²) in [6, 6.07) is 7.76. The predicted molar refractivity (Wildman–Crippen MR) is 73.7 cm³/mol. The van der Waals surface area contributed by atoms with Gasteiger partial charge in [0.15, 0.2) is 0 Å².